The monoisotopic (exact) mass is 422 g/mol. The lowest BCUT2D eigenvalue weighted by atomic mass is 10.1. The van der Waals surface area contributed by atoms with Gasteiger partial charge in [-0.3, -0.25) is 4.79 Å². The van der Waals surface area contributed by atoms with Gasteiger partial charge in [0.15, 0.2) is 4.80 Å². The molecule has 3 rings (SSSR count). The van der Waals surface area contributed by atoms with Crippen molar-refractivity contribution in [3.05, 3.63) is 63.5 Å². The average molecular weight is 422 g/mol. The van der Waals surface area contributed by atoms with Gasteiger partial charge in [0, 0.05) is 18.7 Å². The number of amides is 1. The molecular weight excluding hydrogens is 401 g/mol. The van der Waals surface area contributed by atoms with Gasteiger partial charge in [-0.05, 0) is 56.2 Å². The highest BCUT2D eigenvalue weighted by Gasteiger charge is 2.30. The molecule has 8 heteroatoms. The van der Waals surface area contributed by atoms with Crippen molar-refractivity contribution in [1.29, 1.82) is 0 Å². The van der Waals surface area contributed by atoms with Crippen LogP contribution >= 0.6 is 11.3 Å². The largest absolute Gasteiger partial charge is 0.416 e. The van der Waals surface area contributed by atoms with Gasteiger partial charge in [-0.25, -0.2) is 0 Å². The van der Waals surface area contributed by atoms with Gasteiger partial charge >= 0.3 is 6.18 Å². The van der Waals surface area contributed by atoms with Gasteiger partial charge < -0.3 is 9.30 Å². The predicted octanol–water partition coefficient (Wildman–Crippen LogP) is 5.12. The lowest BCUT2D eigenvalue weighted by Crippen LogP contribution is -2.20. The summed E-state index contributed by atoms with van der Waals surface area (Å²) in [5, 5.41) is 0. The standard InChI is InChI=1S/C21H21F3N2O2S/c1-4-28-9-8-26-17-11-13(2)10-14(3)18(17)29-20(26)25-19(27)15-6-5-7-16(12-15)21(22,23)24/h5-7,10-12H,4,8-9H2,1-3H3. The molecule has 1 heterocycles. The van der Waals surface area contributed by atoms with E-state index in [2.05, 4.69) is 4.99 Å². The number of fused-ring (bicyclic) bond motifs is 1. The van der Waals surface area contributed by atoms with E-state index in [0.29, 0.717) is 24.6 Å². The first-order valence-corrected chi connectivity index (χ1v) is 9.97. The third-order valence-corrected chi connectivity index (χ3v) is 5.64. The Bertz CT molecular complexity index is 1110. The molecule has 154 valence electrons. The van der Waals surface area contributed by atoms with Crippen LogP contribution in [0.3, 0.4) is 0 Å². The Balaban J connectivity index is 2.10. The van der Waals surface area contributed by atoms with Crippen LogP contribution in [0, 0.1) is 13.8 Å². The van der Waals surface area contributed by atoms with Crippen LogP contribution in [-0.4, -0.2) is 23.7 Å². The zero-order chi connectivity index (χ0) is 21.2. The molecule has 0 fully saturated rings. The maximum atomic E-state index is 13.0. The third kappa shape index (κ3) is 4.76. The summed E-state index contributed by atoms with van der Waals surface area (Å²) < 4.78 is 47.2. The van der Waals surface area contributed by atoms with Crippen LogP contribution in [0.4, 0.5) is 13.2 Å². The summed E-state index contributed by atoms with van der Waals surface area (Å²) in [5.74, 6) is -0.706. The highest BCUT2D eigenvalue weighted by atomic mass is 32.1. The number of halogens is 3. The van der Waals surface area contributed by atoms with Crippen molar-refractivity contribution >= 4 is 27.5 Å². The van der Waals surface area contributed by atoms with Crippen molar-refractivity contribution in [3.8, 4) is 0 Å². The number of carbonyl (C=O) groups is 1. The SMILES string of the molecule is CCOCCn1c(=NC(=O)c2cccc(C(F)(F)F)c2)sc2c(C)cc(C)cc21. The van der Waals surface area contributed by atoms with Crippen LogP contribution < -0.4 is 4.80 Å². The molecule has 29 heavy (non-hydrogen) atoms. The second-order valence-corrected chi connectivity index (χ2v) is 7.64. The van der Waals surface area contributed by atoms with E-state index in [-0.39, 0.29) is 5.56 Å². The van der Waals surface area contributed by atoms with Gasteiger partial charge in [0.2, 0.25) is 0 Å². The number of thiazole rings is 1. The molecule has 0 atom stereocenters. The Morgan fingerprint density at radius 2 is 1.97 bits per heavy atom. The smallest absolute Gasteiger partial charge is 0.380 e. The summed E-state index contributed by atoms with van der Waals surface area (Å²) in [7, 11) is 0. The topological polar surface area (TPSA) is 43.6 Å². The summed E-state index contributed by atoms with van der Waals surface area (Å²) >= 11 is 1.35. The molecule has 0 aliphatic heterocycles. The molecule has 0 unspecified atom stereocenters. The van der Waals surface area contributed by atoms with E-state index in [4.69, 9.17) is 4.74 Å². The Hall–Kier alpha value is -2.45. The van der Waals surface area contributed by atoms with E-state index in [1.54, 1.807) is 0 Å². The molecule has 4 nitrogen and oxygen atoms in total. The van der Waals surface area contributed by atoms with Gasteiger partial charge in [-0.1, -0.05) is 23.5 Å². The molecule has 3 aromatic rings. The van der Waals surface area contributed by atoms with E-state index in [0.717, 1.165) is 33.5 Å². The van der Waals surface area contributed by atoms with Gasteiger partial charge in [0.25, 0.3) is 5.91 Å². The molecule has 0 radical (unpaired) electrons. The lowest BCUT2D eigenvalue weighted by Gasteiger charge is -2.08. The summed E-state index contributed by atoms with van der Waals surface area (Å²) in [6.45, 7) is 7.37. The van der Waals surface area contributed by atoms with Gasteiger partial charge in [-0.2, -0.15) is 18.2 Å². The minimum Gasteiger partial charge on any atom is -0.380 e. The van der Waals surface area contributed by atoms with Gasteiger partial charge in [0.05, 0.1) is 22.4 Å². The first kappa shape index (κ1) is 21.3. The third-order valence-electron chi connectivity index (χ3n) is 4.41. The number of hydrogen-bond acceptors (Lipinski definition) is 3. The Morgan fingerprint density at radius 1 is 1.21 bits per heavy atom. The van der Waals surface area contributed by atoms with Crippen molar-refractivity contribution in [2.24, 2.45) is 4.99 Å². The Labute approximate surface area is 170 Å². The maximum absolute atomic E-state index is 13.0. The highest BCUT2D eigenvalue weighted by Crippen LogP contribution is 2.29. The number of aromatic nitrogens is 1. The second-order valence-electron chi connectivity index (χ2n) is 6.66. The number of ether oxygens (including phenoxy) is 1. The summed E-state index contributed by atoms with van der Waals surface area (Å²) in [4.78, 5) is 17.2. The van der Waals surface area contributed by atoms with Crippen LogP contribution in [0.1, 0.15) is 34.0 Å². The van der Waals surface area contributed by atoms with Crippen molar-refractivity contribution < 1.29 is 22.7 Å². The fourth-order valence-corrected chi connectivity index (χ4v) is 4.20. The average Bonchev–Trinajstić information content (AvgIpc) is 2.99. The molecular formula is C21H21F3N2O2S. The number of benzene rings is 2. The number of hydrogen-bond donors (Lipinski definition) is 0. The highest BCUT2D eigenvalue weighted by molar-refractivity contribution is 7.16. The maximum Gasteiger partial charge on any atom is 0.416 e. The molecule has 0 aliphatic carbocycles. The van der Waals surface area contributed by atoms with Crippen LogP contribution in [0.2, 0.25) is 0 Å². The van der Waals surface area contributed by atoms with E-state index >= 15 is 0 Å². The van der Waals surface area contributed by atoms with Crippen molar-refractivity contribution in [2.75, 3.05) is 13.2 Å². The normalized spacial score (nSPS) is 12.7. The minimum absolute atomic E-state index is 0.0958. The van der Waals surface area contributed by atoms with Crippen molar-refractivity contribution in [1.82, 2.24) is 4.57 Å². The lowest BCUT2D eigenvalue weighted by molar-refractivity contribution is -0.137. The van der Waals surface area contributed by atoms with Crippen molar-refractivity contribution in [2.45, 2.75) is 33.5 Å². The van der Waals surface area contributed by atoms with Gasteiger partial charge in [0.1, 0.15) is 0 Å². The fourth-order valence-electron chi connectivity index (χ4n) is 3.09. The number of carbonyl (C=O) groups excluding carboxylic acids is 1. The molecule has 0 bridgehead atoms. The first-order chi connectivity index (χ1) is 13.7. The molecule has 0 saturated carbocycles. The molecule has 0 spiro atoms. The van der Waals surface area contributed by atoms with Crippen LogP contribution in [-0.2, 0) is 17.5 Å². The molecule has 0 N–H and O–H groups in total. The zero-order valence-corrected chi connectivity index (χ0v) is 17.2. The molecule has 1 aromatic heterocycles. The van der Waals surface area contributed by atoms with Crippen LogP contribution in [0.5, 0.6) is 0 Å². The quantitative estimate of drug-likeness (QED) is 0.536. The molecule has 1 amide bonds. The predicted molar refractivity (Wildman–Crippen MR) is 107 cm³/mol. The molecule has 0 saturated heterocycles. The first-order valence-electron chi connectivity index (χ1n) is 9.15. The summed E-state index contributed by atoms with van der Waals surface area (Å²) in [6, 6.07) is 8.38. The van der Waals surface area contributed by atoms with E-state index in [9.17, 15) is 18.0 Å². The van der Waals surface area contributed by atoms with Crippen LogP contribution in [0.25, 0.3) is 10.2 Å². The van der Waals surface area contributed by atoms with E-state index < -0.39 is 17.6 Å². The molecule has 2 aromatic carbocycles. The number of alkyl halides is 3. The Kier molecular flexibility index (Phi) is 6.24. The second kappa shape index (κ2) is 8.51. The summed E-state index contributed by atoms with van der Waals surface area (Å²) in [5.41, 5.74) is 2.10. The Morgan fingerprint density at radius 3 is 2.66 bits per heavy atom. The number of rotatable bonds is 5. The van der Waals surface area contributed by atoms with E-state index in [1.807, 2.05) is 37.5 Å². The van der Waals surface area contributed by atoms with E-state index in [1.165, 1.54) is 23.5 Å². The minimum atomic E-state index is -4.51. The fraction of sp³-hybridized carbons (Fsp3) is 0.333. The number of aryl methyl sites for hydroxylation is 2. The van der Waals surface area contributed by atoms with Crippen molar-refractivity contribution in [3.63, 3.8) is 0 Å². The van der Waals surface area contributed by atoms with Gasteiger partial charge in [-0.15, -0.1) is 0 Å². The molecule has 0 aliphatic rings. The zero-order valence-electron chi connectivity index (χ0n) is 16.3. The summed E-state index contributed by atoms with van der Waals surface area (Å²) in [6.07, 6.45) is -4.51. The number of nitrogens with zero attached hydrogens (tertiary/aromatic N) is 2. The van der Waals surface area contributed by atoms with Crippen LogP contribution in [0.15, 0.2) is 41.4 Å².